The summed E-state index contributed by atoms with van der Waals surface area (Å²) < 4.78 is 7.25. The number of ether oxygens (including phenoxy) is 1. The molecule has 0 fully saturated rings. The fourth-order valence-electron chi connectivity index (χ4n) is 2.30. The molecule has 3 aromatic rings. The van der Waals surface area contributed by atoms with E-state index in [0.29, 0.717) is 16.1 Å². The number of para-hydroxylation sites is 2. The van der Waals surface area contributed by atoms with Crippen molar-refractivity contribution < 1.29 is 9.53 Å². The minimum Gasteiger partial charge on any atom is -0.495 e. The van der Waals surface area contributed by atoms with Crippen molar-refractivity contribution >= 4 is 23.3 Å². The molecular formula is C19H16ClN3O2. The van der Waals surface area contributed by atoms with Gasteiger partial charge in [0.2, 0.25) is 0 Å². The molecule has 0 spiro atoms. The standard InChI is InChI=1S/C19H16ClN3O2/c1-25-18-5-3-2-4-17(18)23-12-10-16(11-13-23)22-19(24)21-15-8-6-14(20)7-9-15/h2-13H,1H3,(H,21,24). The average Bonchev–Trinajstić information content (AvgIpc) is 2.64. The second-order valence-electron chi connectivity index (χ2n) is 5.18. The zero-order chi connectivity index (χ0) is 17.6. The molecule has 1 N–H and O–H groups in total. The molecule has 0 aliphatic heterocycles. The quantitative estimate of drug-likeness (QED) is 0.764. The van der Waals surface area contributed by atoms with Crippen LogP contribution in [0, 0.1) is 0 Å². The fraction of sp³-hybridized carbons (Fsp3) is 0.0526. The van der Waals surface area contributed by atoms with Crippen molar-refractivity contribution in [2.45, 2.75) is 0 Å². The normalized spacial score (nSPS) is 10.2. The van der Waals surface area contributed by atoms with E-state index >= 15 is 0 Å². The van der Waals surface area contributed by atoms with Gasteiger partial charge in [-0.3, -0.25) is 0 Å². The van der Waals surface area contributed by atoms with E-state index in [9.17, 15) is 4.79 Å². The van der Waals surface area contributed by atoms with Gasteiger partial charge in [-0.25, -0.2) is 4.79 Å². The van der Waals surface area contributed by atoms with Crippen LogP contribution in [0.2, 0.25) is 5.02 Å². The molecule has 0 unspecified atom stereocenters. The molecular weight excluding hydrogens is 338 g/mol. The third-order valence-corrected chi connectivity index (χ3v) is 3.75. The van der Waals surface area contributed by atoms with Gasteiger partial charge in [0, 0.05) is 23.1 Å². The Morgan fingerprint density at radius 1 is 1.04 bits per heavy atom. The summed E-state index contributed by atoms with van der Waals surface area (Å²) in [5, 5.41) is 3.85. The summed E-state index contributed by atoms with van der Waals surface area (Å²) in [6.07, 6.45) is 3.65. The number of urea groups is 1. The van der Waals surface area contributed by atoms with Crippen LogP contribution in [0.5, 0.6) is 5.75 Å². The molecule has 2 amide bonds. The lowest BCUT2D eigenvalue weighted by atomic mass is 10.3. The maximum absolute atomic E-state index is 12.0. The molecule has 25 heavy (non-hydrogen) atoms. The van der Waals surface area contributed by atoms with Gasteiger partial charge in [0.15, 0.2) is 0 Å². The third-order valence-electron chi connectivity index (χ3n) is 3.50. The van der Waals surface area contributed by atoms with Crippen molar-refractivity contribution in [3.63, 3.8) is 0 Å². The Kier molecular flexibility index (Phi) is 5.16. The molecule has 3 rings (SSSR count). The van der Waals surface area contributed by atoms with Crippen LogP contribution >= 0.6 is 11.6 Å². The van der Waals surface area contributed by atoms with Crippen molar-refractivity contribution in [2.24, 2.45) is 4.99 Å². The van der Waals surface area contributed by atoms with E-state index in [4.69, 9.17) is 16.3 Å². The zero-order valence-electron chi connectivity index (χ0n) is 13.5. The van der Waals surface area contributed by atoms with Crippen LogP contribution in [0.3, 0.4) is 0 Å². The lowest BCUT2D eigenvalue weighted by molar-refractivity contribution is 0.259. The van der Waals surface area contributed by atoms with Gasteiger partial charge in [-0.05, 0) is 48.5 Å². The minimum atomic E-state index is -0.447. The van der Waals surface area contributed by atoms with Crippen molar-refractivity contribution in [3.8, 4) is 11.4 Å². The van der Waals surface area contributed by atoms with Crippen LogP contribution in [-0.2, 0) is 0 Å². The van der Waals surface area contributed by atoms with E-state index in [1.165, 1.54) is 0 Å². The Labute approximate surface area is 150 Å². The van der Waals surface area contributed by atoms with Crippen LogP contribution in [0.1, 0.15) is 0 Å². The number of carbonyl (C=O) groups excluding carboxylic acids is 1. The number of amides is 2. The number of rotatable bonds is 3. The van der Waals surface area contributed by atoms with E-state index in [-0.39, 0.29) is 0 Å². The number of nitrogens with zero attached hydrogens (tertiary/aromatic N) is 2. The van der Waals surface area contributed by atoms with Crippen LogP contribution in [0.4, 0.5) is 10.5 Å². The maximum atomic E-state index is 12.0. The van der Waals surface area contributed by atoms with Gasteiger partial charge in [-0.15, -0.1) is 0 Å². The molecule has 0 saturated heterocycles. The van der Waals surface area contributed by atoms with E-state index < -0.39 is 6.03 Å². The van der Waals surface area contributed by atoms with Crippen LogP contribution in [0.15, 0.2) is 78.0 Å². The fourth-order valence-corrected chi connectivity index (χ4v) is 2.42. The van der Waals surface area contributed by atoms with Gasteiger partial charge in [0.25, 0.3) is 0 Å². The number of hydrogen-bond donors (Lipinski definition) is 1. The lowest BCUT2D eigenvalue weighted by Crippen LogP contribution is -2.13. The van der Waals surface area contributed by atoms with Gasteiger partial charge in [0.1, 0.15) is 5.75 Å². The van der Waals surface area contributed by atoms with E-state index in [0.717, 1.165) is 11.4 Å². The van der Waals surface area contributed by atoms with Gasteiger partial charge in [-0.2, -0.15) is 4.99 Å². The summed E-state index contributed by atoms with van der Waals surface area (Å²) in [5.74, 6) is 0.762. The van der Waals surface area contributed by atoms with Crippen molar-refractivity contribution in [1.82, 2.24) is 4.57 Å². The number of aromatic nitrogens is 1. The predicted molar refractivity (Wildman–Crippen MR) is 98.4 cm³/mol. The number of benzene rings is 2. The molecule has 1 heterocycles. The van der Waals surface area contributed by atoms with Gasteiger partial charge in [0.05, 0.1) is 18.2 Å². The monoisotopic (exact) mass is 353 g/mol. The Morgan fingerprint density at radius 2 is 1.72 bits per heavy atom. The van der Waals surface area contributed by atoms with Crippen LogP contribution < -0.4 is 15.4 Å². The highest BCUT2D eigenvalue weighted by atomic mass is 35.5. The van der Waals surface area contributed by atoms with Gasteiger partial charge in [-0.1, -0.05) is 23.7 Å². The zero-order valence-corrected chi connectivity index (χ0v) is 14.3. The molecule has 0 aliphatic rings. The minimum absolute atomic E-state index is 0.447. The highest BCUT2D eigenvalue weighted by molar-refractivity contribution is 6.30. The molecule has 1 aromatic heterocycles. The van der Waals surface area contributed by atoms with Crippen molar-refractivity contribution in [2.75, 3.05) is 12.4 Å². The summed E-state index contributed by atoms with van der Waals surface area (Å²) in [7, 11) is 1.63. The predicted octanol–water partition coefficient (Wildman–Crippen LogP) is 4.27. The second kappa shape index (κ2) is 7.68. The first-order valence-electron chi connectivity index (χ1n) is 7.59. The largest absolute Gasteiger partial charge is 0.495 e. The SMILES string of the molecule is COc1ccccc1-n1ccc(=NC(=O)Nc2ccc(Cl)cc2)cc1. The van der Waals surface area contributed by atoms with Crippen molar-refractivity contribution in [1.29, 1.82) is 0 Å². The molecule has 0 radical (unpaired) electrons. The smallest absolute Gasteiger partial charge is 0.345 e. The van der Waals surface area contributed by atoms with E-state index in [1.54, 1.807) is 43.5 Å². The number of methoxy groups -OCH3 is 1. The molecule has 0 aliphatic carbocycles. The number of carbonyl (C=O) groups is 1. The van der Waals surface area contributed by atoms with Crippen LogP contribution in [0.25, 0.3) is 5.69 Å². The van der Waals surface area contributed by atoms with Crippen LogP contribution in [-0.4, -0.2) is 17.7 Å². The number of hydrogen-bond acceptors (Lipinski definition) is 2. The Morgan fingerprint density at radius 3 is 2.40 bits per heavy atom. The Balaban J connectivity index is 1.78. The van der Waals surface area contributed by atoms with E-state index in [2.05, 4.69) is 10.3 Å². The van der Waals surface area contributed by atoms with Gasteiger partial charge < -0.3 is 14.6 Å². The summed E-state index contributed by atoms with van der Waals surface area (Å²) in [4.78, 5) is 16.0. The van der Waals surface area contributed by atoms with Gasteiger partial charge >= 0.3 is 6.03 Å². The third kappa shape index (κ3) is 4.28. The second-order valence-corrected chi connectivity index (χ2v) is 5.62. The number of pyridine rings is 1. The highest BCUT2D eigenvalue weighted by Crippen LogP contribution is 2.21. The summed E-state index contributed by atoms with van der Waals surface area (Å²) >= 11 is 5.82. The lowest BCUT2D eigenvalue weighted by Gasteiger charge is -2.10. The first-order chi connectivity index (χ1) is 12.2. The molecule has 0 atom stereocenters. The highest BCUT2D eigenvalue weighted by Gasteiger charge is 2.02. The summed E-state index contributed by atoms with van der Waals surface area (Å²) in [6, 6.07) is 17.6. The summed E-state index contributed by atoms with van der Waals surface area (Å²) in [5.41, 5.74) is 1.54. The van der Waals surface area contributed by atoms with Crippen molar-refractivity contribution in [3.05, 3.63) is 83.4 Å². The number of halogens is 1. The molecule has 5 nitrogen and oxygen atoms in total. The molecule has 0 bridgehead atoms. The number of nitrogens with one attached hydrogen (secondary N) is 1. The first-order valence-corrected chi connectivity index (χ1v) is 7.96. The summed E-state index contributed by atoms with van der Waals surface area (Å²) in [6.45, 7) is 0. The first kappa shape index (κ1) is 16.8. The molecule has 2 aromatic carbocycles. The van der Waals surface area contributed by atoms with E-state index in [1.807, 2.05) is 41.2 Å². The number of anilines is 1. The maximum Gasteiger partial charge on any atom is 0.345 e. The molecule has 126 valence electrons. The molecule has 6 heteroatoms. The average molecular weight is 354 g/mol. The molecule has 0 saturated carbocycles. The Bertz CT molecular complexity index is 929. The Hall–Kier alpha value is -3.05. The topological polar surface area (TPSA) is 55.6 Å².